The maximum atomic E-state index is 7.09. The van der Waals surface area contributed by atoms with Gasteiger partial charge in [0.2, 0.25) is 0 Å². The van der Waals surface area contributed by atoms with Crippen molar-refractivity contribution in [3.05, 3.63) is 36.4 Å². The lowest BCUT2D eigenvalue weighted by atomic mass is 9.98. The zero-order chi connectivity index (χ0) is 58.1. The van der Waals surface area contributed by atoms with Crippen molar-refractivity contribution in [1.29, 1.82) is 0 Å². The van der Waals surface area contributed by atoms with Gasteiger partial charge >= 0.3 is 0 Å². The standard InChI is InChI=1S/C78H138O4/c1-5-9-13-17-21-25-29-33-37-41-45-49-53-59-67-79-73-65-66-74(80-68-60-54-50-46-42-38-34-30-26-22-18-14-10-6-2)76-75(73)77(81-69-61-55-51-47-43-39-35-31-27-23-19-15-11-7-3)71-63-57-58-64-72(71)78(76)82-70-62-56-52-48-44-40-36-32-28-24-20-16-12-8-4/h57-58,63-66H,5-56,59-62,67-70H2,1-4H3. The molecule has 0 heterocycles. The summed E-state index contributed by atoms with van der Waals surface area (Å²) in [4.78, 5) is 0. The smallest absolute Gasteiger partial charge is 0.139 e. The zero-order valence-corrected chi connectivity index (χ0v) is 55.5. The molecule has 82 heavy (non-hydrogen) atoms. The minimum Gasteiger partial charge on any atom is -0.493 e. The van der Waals surface area contributed by atoms with Gasteiger partial charge in [0.1, 0.15) is 23.0 Å². The molecule has 0 atom stereocenters. The van der Waals surface area contributed by atoms with Gasteiger partial charge in [0.05, 0.1) is 37.2 Å². The fraction of sp³-hybridized carbons (Fsp3) is 0.821. The van der Waals surface area contributed by atoms with E-state index >= 15 is 0 Å². The molecule has 0 spiro atoms. The molecule has 0 aromatic heterocycles. The highest BCUT2D eigenvalue weighted by Crippen LogP contribution is 2.50. The SMILES string of the molecule is CCCCCCCCCCCCCCCCOc1ccc(OCCCCCCCCCCCCCCCC)c2c(OCCCCCCCCCCCCCCCC)c3ccccc3c(OCCCCCCCCCCCCCCCC)c12. The zero-order valence-electron chi connectivity index (χ0n) is 55.5. The molecule has 0 amide bonds. The second-order valence-corrected chi connectivity index (χ2v) is 25.8. The Morgan fingerprint density at radius 2 is 0.366 bits per heavy atom. The molecule has 4 heteroatoms. The highest BCUT2D eigenvalue weighted by Gasteiger charge is 2.24. The fourth-order valence-electron chi connectivity index (χ4n) is 12.6. The first-order valence-corrected chi connectivity index (χ1v) is 37.3. The average Bonchev–Trinajstić information content (AvgIpc) is 3.55. The molecule has 0 aliphatic rings. The highest BCUT2D eigenvalue weighted by molar-refractivity contribution is 6.15. The Hall–Kier alpha value is -2.62. The van der Waals surface area contributed by atoms with E-state index in [0.717, 1.165) is 70.2 Å². The van der Waals surface area contributed by atoms with Crippen LogP contribution in [0.2, 0.25) is 0 Å². The third kappa shape index (κ3) is 37.7. The van der Waals surface area contributed by atoms with Crippen LogP contribution in [0.5, 0.6) is 23.0 Å². The van der Waals surface area contributed by atoms with Crippen molar-refractivity contribution in [2.75, 3.05) is 26.4 Å². The molecule has 0 unspecified atom stereocenters. The van der Waals surface area contributed by atoms with E-state index in [1.54, 1.807) is 0 Å². The van der Waals surface area contributed by atoms with Gasteiger partial charge in [-0.25, -0.2) is 0 Å². The number of unbranched alkanes of at least 4 members (excludes halogenated alkanes) is 52. The summed E-state index contributed by atoms with van der Waals surface area (Å²) in [6, 6.07) is 13.3. The second kappa shape index (κ2) is 56.2. The molecular formula is C78H138O4. The molecule has 4 nitrogen and oxygen atoms in total. The Kier molecular flexibility index (Phi) is 50.5. The van der Waals surface area contributed by atoms with E-state index in [1.807, 2.05) is 0 Å². The lowest BCUT2D eigenvalue weighted by Gasteiger charge is -2.22. The Bertz CT molecular complexity index is 1690. The van der Waals surface area contributed by atoms with Gasteiger partial charge in [-0.1, -0.05) is 386 Å². The van der Waals surface area contributed by atoms with Crippen molar-refractivity contribution in [2.45, 2.75) is 387 Å². The van der Waals surface area contributed by atoms with Crippen molar-refractivity contribution in [3.8, 4) is 23.0 Å². The molecule has 3 aromatic rings. The van der Waals surface area contributed by atoms with Gasteiger partial charge in [-0.15, -0.1) is 0 Å². The number of hydrogen-bond donors (Lipinski definition) is 0. The molecule has 474 valence electrons. The van der Waals surface area contributed by atoms with E-state index in [-0.39, 0.29) is 0 Å². The maximum Gasteiger partial charge on any atom is 0.139 e. The van der Waals surface area contributed by atoms with Gasteiger partial charge in [0.25, 0.3) is 0 Å². The lowest BCUT2D eigenvalue weighted by Crippen LogP contribution is -2.06. The van der Waals surface area contributed by atoms with Crippen molar-refractivity contribution in [2.24, 2.45) is 0 Å². The minimum absolute atomic E-state index is 0.707. The van der Waals surface area contributed by atoms with Crippen molar-refractivity contribution < 1.29 is 18.9 Å². The van der Waals surface area contributed by atoms with Crippen LogP contribution in [0, 0.1) is 0 Å². The molecule has 0 aliphatic carbocycles. The molecule has 0 N–H and O–H groups in total. The van der Waals surface area contributed by atoms with E-state index in [0.29, 0.717) is 26.4 Å². The van der Waals surface area contributed by atoms with Crippen LogP contribution in [0.25, 0.3) is 21.5 Å². The summed E-state index contributed by atoms with van der Waals surface area (Å²) in [5, 5.41) is 4.34. The summed E-state index contributed by atoms with van der Waals surface area (Å²) in [5.41, 5.74) is 0. The van der Waals surface area contributed by atoms with Gasteiger partial charge in [-0.05, 0) is 37.8 Å². The first-order valence-electron chi connectivity index (χ1n) is 37.3. The molecule has 0 radical (unpaired) electrons. The minimum atomic E-state index is 0.707. The largest absolute Gasteiger partial charge is 0.493 e. The van der Waals surface area contributed by atoms with Gasteiger partial charge in [0.15, 0.2) is 0 Å². The van der Waals surface area contributed by atoms with E-state index in [2.05, 4.69) is 64.1 Å². The summed E-state index contributed by atoms with van der Waals surface area (Å²) in [6.45, 7) is 12.1. The number of hydrogen-bond acceptors (Lipinski definition) is 4. The van der Waals surface area contributed by atoms with E-state index in [4.69, 9.17) is 18.9 Å². The van der Waals surface area contributed by atoms with Crippen LogP contribution in [-0.4, -0.2) is 26.4 Å². The van der Waals surface area contributed by atoms with Crippen molar-refractivity contribution in [3.63, 3.8) is 0 Å². The summed E-state index contributed by atoms with van der Waals surface area (Å²) in [5.74, 6) is 3.72. The molecule has 0 aliphatic heterocycles. The van der Waals surface area contributed by atoms with Crippen molar-refractivity contribution >= 4 is 21.5 Å². The summed E-state index contributed by atoms with van der Waals surface area (Å²) >= 11 is 0. The van der Waals surface area contributed by atoms with Crippen LogP contribution in [0.3, 0.4) is 0 Å². The van der Waals surface area contributed by atoms with Crippen LogP contribution in [-0.2, 0) is 0 Å². The molecule has 0 bridgehead atoms. The summed E-state index contributed by atoms with van der Waals surface area (Å²) in [6.07, 6.45) is 75.9. The van der Waals surface area contributed by atoms with E-state index < -0.39 is 0 Å². The number of ether oxygens (including phenoxy) is 4. The number of benzene rings is 3. The Balaban J connectivity index is 1.70. The molecule has 0 saturated carbocycles. The predicted octanol–water partition coefficient (Wildman–Crippen LogP) is 27.4. The van der Waals surface area contributed by atoms with E-state index in [9.17, 15) is 0 Å². The average molecular weight is 1140 g/mol. The topological polar surface area (TPSA) is 36.9 Å². The first kappa shape index (κ1) is 73.6. The number of fused-ring (bicyclic) bond motifs is 2. The van der Waals surface area contributed by atoms with Gasteiger partial charge < -0.3 is 18.9 Å². The van der Waals surface area contributed by atoms with Gasteiger partial charge in [-0.2, -0.15) is 0 Å². The van der Waals surface area contributed by atoms with Crippen LogP contribution >= 0.6 is 0 Å². The van der Waals surface area contributed by atoms with Crippen LogP contribution in [0.15, 0.2) is 36.4 Å². The van der Waals surface area contributed by atoms with Crippen LogP contribution in [0.1, 0.15) is 387 Å². The highest BCUT2D eigenvalue weighted by atomic mass is 16.5. The quantitative estimate of drug-likeness (QED) is 0.0417. The second-order valence-electron chi connectivity index (χ2n) is 25.8. The van der Waals surface area contributed by atoms with Gasteiger partial charge in [-0.3, -0.25) is 0 Å². The summed E-state index contributed by atoms with van der Waals surface area (Å²) in [7, 11) is 0. The van der Waals surface area contributed by atoms with Crippen LogP contribution < -0.4 is 18.9 Å². The van der Waals surface area contributed by atoms with Crippen molar-refractivity contribution in [1.82, 2.24) is 0 Å². The third-order valence-corrected chi connectivity index (χ3v) is 18.0. The van der Waals surface area contributed by atoms with E-state index in [1.165, 1.54) is 334 Å². The molecule has 0 saturated heterocycles. The fourth-order valence-corrected chi connectivity index (χ4v) is 12.6. The van der Waals surface area contributed by atoms with Crippen LogP contribution in [0.4, 0.5) is 0 Å². The summed E-state index contributed by atoms with van der Waals surface area (Å²) < 4.78 is 28.0. The Morgan fingerprint density at radius 1 is 0.195 bits per heavy atom. The number of rotatable bonds is 64. The lowest BCUT2D eigenvalue weighted by molar-refractivity contribution is 0.290. The normalized spacial score (nSPS) is 11.7. The molecule has 3 aromatic carbocycles. The first-order chi connectivity index (χ1) is 40.8. The van der Waals surface area contributed by atoms with Gasteiger partial charge in [0, 0.05) is 10.8 Å². The Labute approximate surface area is 511 Å². The Morgan fingerprint density at radius 3 is 0.561 bits per heavy atom. The maximum absolute atomic E-state index is 7.09. The predicted molar refractivity (Wildman–Crippen MR) is 365 cm³/mol. The molecular weight excluding hydrogens is 1000 g/mol. The third-order valence-electron chi connectivity index (χ3n) is 18.0. The molecule has 3 rings (SSSR count). The monoisotopic (exact) mass is 1140 g/mol. The molecule has 0 fully saturated rings.